The zero-order valence-electron chi connectivity index (χ0n) is 12.2. The van der Waals surface area contributed by atoms with Crippen molar-refractivity contribution in [3.8, 4) is 0 Å². The predicted octanol–water partition coefficient (Wildman–Crippen LogP) is 3.06. The van der Waals surface area contributed by atoms with Gasteiger partial charge in [-0.15, -0.1) is 0 Å². The maximum Gasteiger partial charge on any atom is 0.267 e. The van der Waals surface area contributed by atoms with Gasteiger partial charge in [-0.3, -0.25) is 9.59 Å². The second-order valence-electron chi connectivity index (χ2n) is 4.69. The zero-order valence-corrected chi connectivity index (χ0v) is 13.0. The molecule has 1 heterocycles. The minimum Gasteiger partial charge on any atom is -0.354 e. The summed E-state index contributed by atoms with van der Waals surface area (Å²) >= 11 is 5.84. The number of carbonyl (C=O) groups excluding carboxylic acids is 2. The Kier molecular flexibility index (Phi) is 4.48. The van der Waals surface area contributed by atoms with Crippen molar-refractivity contribution in [3.63, 3.8) is 0 Å². The Morgan fingerprint density at radius 3 is 2.38 bits per heavy atom. The van der Waals surface area contributed by atoms with Gasteiger partial charge < -0.3 is 9.88 Å². The first-order valence-electron chi connectivity index (χ1n) is 6.72. The SMILES string of the molecule is CCn1c(C(=O)NC)cc(C(=O)c2ccc(Cl)cc2)c1C. The van der Waals surface area contributed by atoms with Gasteiger partial charge in [0.1, 0.15) is 5.69 Å². The van der Waals surface area contributed by atoms with Crippen LogP contribution in [0.3, 0.4) is 0 Å². The lowest BCUT2D eigenvalue weighted by molar-refractivity contribution is 0.0953. The molecule has 21 heavy (non-hydrogen) atoms. The lowest BCUT2D eigenvalue weighted by Gasteiger charge is -2.07. The van der Waals surface area contributed by atoms with Crippen LogP contribution in [0.5, 0.6) is 0 Å². The Morgan fingerprint density at radius 2 is 1.86 bits per heavy atom. The topological polar surface area (TPSA) is 51.1 Å². The van der Waals surface area contributed by atoms with Crippen molar-refractivity contribution in [1.29, 1.82) is 0 Å². The molecule has 0 saturated heterocycles. The molecule has 0 aliphatic heterocycles. The normalized spacial score (nSPS) is 10.5. The molecule has 2 rings (SSSR count). The summed E-state index contributed by atoms with van der Waals surface area (Å²) in [4.78, 5) is 24.5. The molecular weight excluding hydrogens is 288 g/mol. The number of hydrogen-bond acceptors (Lipinski definition) is 2. The molecule has 0 spiro atoms. The van der Waals surface area contributed by atoms with Crippen molar-refractivity contribution in [2.75, 3.05) is 7.05 Å². The number of amides is 1. The number of ketones is 1. The van der Waals surface area contributed by atoms with E-state index in [0.717, 1.165) is 5.69 Å². The van der Waals surface area contributed by atoms with Gasteiger partial charge in [0.25, 0.3) is 5.91 Å². The molecule has 0 radical (unpaired) electrons. The summed E-state index contributed by atoms with van der Waals surface area (Å²) < 4.78 is 1.84. The van der Waals surface area contributed by atoms with E-state index in [4.69, 9.17) is 11.6 Å². The van der Waals surface area contributed by atoms with Gasteiger partial charge in [0.05, 0.1) is 0 Å². The van der Waals surface area contributed by atoms with Crippen molar-refractivity contribution in [2.45, 2.75) is 20.4 Å². The number of nitrogens with one attached hydrogen (secondary N) is 1. The number of nitrogens with zero attached hydrogens (tertiary/aromatic N) is 1. The van der Waals surface area contributed by atoms with E-state index >= 15 is 0 Å². The average Bonchev–Trinajstić information content (AvgIpc) is 2.83. The van der Waals surface area contributed by atoms with Crippen LogP contribution >= 0.6 is 11.6 Å². The van der Waals surface area contributed by atoms with E-state index in [1.807, 2.05) is 18.4 Å². The molecule has 1 amide bonds. The first-order chi connectivity index (χ1) is 9.99. The maximum absolute atomic E-state index is 12.6. The van der Waals surface area contributed by atoms with Crippen LogP contribution in [0.1, 0.15) is 39.0 Å². The highest BCUT2D eigenvalue weighted by Gasteiger charge is 2.21. The average molecular weight is 305 g/mol. The summed E-state index contributed by atoms with van der Waals surface area (Å²) in [6.45, 7) is 4.41. The summed E-state index contributed by atoms with van der Waals surface area (Å²) in [7, 11) is 1.57. The third-order valence-electron chi connectivity index (χ3n) is 3.49. The van der Waals surface area contributed by atoms with Crippen molar-refractivity contribution >= 4 is 23.3 Å². The fourth-order valence-electron chi connectivity index (χ4n) is 2.36. The molecule has 0 unspecified atom stereocenters. The number of rotatable bonds is 4. The number of aromatic nitrogens is 1. The molecule has 0 fully saturated rings. The lowest BCUT2D eigenvalue weighted by atomic mass is 10.0. The first kappa shape index (κ1) is 15.3. The standard InChI is InChI=1S/C16H17ClN2O2/c1-4-19-10(2)13(9-14(19)16(21)18-3)15(20)11-5-7-12(17)8-6-11/h5-9H,4H2,1-3H3,(H,18,21). The van der Waals surface area contributed by atoms with Gasteiger partial charge in [0, 0.05) is 35.4 Å². The smallest absolute Gasteiger partial charge is 0.267 e. The van der Waals surface area contributed by atoms with Crippen molar-refractivity contribution in [1.82, 2.24) is 9.88 Å². The van der Waals surface area contributed by atoms with Crippen LogP contribution in [-0.2, 0) is 6.54 Å². The van der Waals surface area contributed by atoms with Crippen LogP contribution in [0, 0.1) is 6.92 Å². The number of carbonyl (C=O) groups is 2. The molecule has 0 atom stereocenters. The van der Waals surface area contributed by atoms with Crippen LogP contribution in [-0.4, -0.2) is 23.3 Å². The molecule has 5 heteroatoms. The first-order valence-corrected chi connectivity index (χ1v) is 7.09. The third kappa shape index (κ3) is 2.85. The minimum absolute atomic E-state index is 0.110. The van der Waals surface area contributed by atoms with Crippen LogP contribution in [0.15, 0.2) is 30.3 Å². The van der Waals surface area contributed by atoms with Crippen molar-refractivity contribution in [3.05, 3.63) is 57.9 Å². The van der Waals surface area contributed by atoms with Crippen molar-refractivity contribution < 1.29 is 9.59 Å². The van der Waals surface area contributed by atoms with Gasteiger partial charge in [-0.25, -0.2) is 0 Å². The summed E-state index contributed by atoms with van der Waals surface area (Å²) in [5, 5.41) is 3.18. The fraction of sp³-hybridized carbons (Fsp3) is 0.250. The Labute approximate surface area is 128 Å². The molecule has 110 valence electrons. The Balaban J connectivity index is 2.49. The van der Waals surface area contributed by atoms with Gasteiger partial charge in [0.2, 0.25) is 0 Å². The Bertz CT molecular complexity index is 687. The van der Waals surface area contributed by atoms with Crippen LogP contribution in [0.4, 0.5) is 0 Å². The minimum atomic E-state index is -0.199. The number of benzene rings is 1. The predicted molar refractivity (Wildman–Crippen MR) is 83.1 cm³/mol. The number of hydrogen-bond donors (Lipinski definition) is 1. The molecule has 0 saturated carbocycles. The fourth-order valence-corrected chi connectivity index (χ4v) is 2.48. The third-order valence-corrected chi connectivity index (χ3v) is 3.75. The van der Waals surface area contributed by atoms with Crippen LogP contribution < -0.4 is 5.32 Å². The van der Waals surface area contributed by atoms with Gasteiger partial charge in [-0.1, -0.05) is 11.6 Å². The molecule has 0 bridgehead atoms. The van der Waals surface area contributed by atoms with Crippen LogP contribution in [0.25, 0.3) is 0 Å². The highest BCUT2D eigenvalue weighted by Crippen LogP contribution is 2.20. The van der Waals surface area contributed by atoms with E-state index in [9.17, 15) is 9.59 Å². The van der Waals surface area contributed by atoms with E-state index < -0.39 is 0 Å². The summed E-state index contributed by atoms with van der Waals surface area (Å²) in [6.07, 6.45) is 0. The van der Waals surface area contributed by atoms with E-state index in [2.05, 4.69) is 5.32 Å². The molecule has 0 aliphatic carbocycles. The molecule has 1 aromatic carbocycles. The number of halogens is 1. The van der Waals surface area contributed by atoms with E-state index in [0.29, 0.717) is 28.4 Å². The van der Waals surface area contributed by atoms with Crippen molar-refractivity contribution in [2.24, 2.45) is 0 Å². The Morgan fingerprint density at radius 1 is 1.24 bits per heavy atom. The summed E-state index contributed by atoms with van der Waals surface area (Å²) in [5.74, 6) is -0.309. The lowest BCUT2D eigenvalue weighted by Crippen LogP contribution is -2.21. The van der Waals surface area contributed by atoms with E-state index in [-0.39, 0.29) is 11.7 Å². The monoisotopic (exact) mass is 304 g/mol. The molecule has 1 aromatic heterocycles. The highest BCUT2D eigenvalue weighted by atomic mass is 35.5. The van der Waals surface area contributed by atoms with Gasteiger partial charge in [-0.2, -0.15) is 0 Å². The van der Waals surface area contributed by atoms with Gasteiger partial charge in [-0.05, 0) is 44.2 Å². The summed E-state index contributed by atoms with van der Waals surface area (Å²) in [5.41, 5.74) is 2.38. The quantitative estimate of drug-likeness (QED) is 0.883. The highest BCUT2D eigenvalue weighted by molar-refractivity contribution is 6.30. The largest absolute Gasteiger partial charge is 0.354 e. The summed E-state index contributed by atoms with van der Waals surface area (Å²) in [6, 6.07) is 8.38. The maximum atomic E-state index is 12.6. The van der Waals surface area contributed by atoms with Gasteiger partial charge in [0.15, 0.2) is 5.78 Å². The molecular formula is C16H17ClN2O2. The molecule has 1 N–H and O–H groups in total. The van der Waals surface area contributed by atoms with Gasteiger partial charge >= 0.3 is 0 Å². The second-order valence-corrected chi connectivity index (χ2v) is 5.12. The zero-order chi connectivity index (χ0) is 15.6. The molecule has 4 nitrogen and oxygen atoms in total. The van der Waals surface area contributed by atoms with E-state index in [1.54, 1.807) is 37.4 Å². The second kappa shape index (κ2) is 6.14. The molecule has 0 aliphatic rings. The van der Waals surface area contributed by atoms with Crippen LogP contribution in [0.2, 0.25) is 5.02 Å². The Hall–Kier alpha value is -2.07. The molecule has 2 aromatic rings. The van der Waals surface area contributed by atoms with E-state index in [1.165, 1.54) is 0 Å².